The fourth-order valence-electron chi connectivity index (χ4n) is 4.40. The molecular weight excluding hydrogens is 481 g/mol. The van der Waals surface area contributed by atoms with Crippen LogP contribution in [0.4, 0.5) is 24.5 Å². The van der Waals surface area contributed by atoms with E-state index in [9.17, 15) is 22.8 Å². The van der Waals surface area contributed by atoms with E-state index >= 15 is 0 Å². The number of aromatic nitrogens is 1. The summed E-state index contributed by atoms with van der Waals surface area (Å²) in [5.74, 6) is -0.0496. The maximum absolute atomic E-state index is 12.8. The van der Waals surface area contributed by atoms with E-state index in [-0.39, 0.29) is 18.2 Å². The second-order valence-corrected chi connectivity index (χ2v) is 9.40. The largest absolute Gasteiger partial charge is 0.416 e. The number of hydrogen-bond acceptors (Lipinski definition) is 4. The van der Waals surface area contributed by atoms with E-state index in [1.54, 1.807) is 12.3 Å². The average Bonchev–Trinajstić information content (AvgIpc) is 2.88. The smallest absolute Gasteiger partial charge is 0.376 e. The number of rotatable bonds is 6. The van der Waals surface area contributed by atoms with Gasteiger partial charge in [-0.15, -0.1) is 0 Å². The summed E-state index contributed by atoms with van der Waals surface area (Å²) in [6.45, 7) is 1.29. The molecule has 3 aromatic rings. The third kappa shape index (κ3) is 6.67. The first-order valence-electron chi connectivity index (χ1n) is 12.1. The molecule has 1 aromatic heterocycles. The molecule has 4 rings (SSSR count). The van der Waals surface area contributed by atoms with Crippen LogP contribution in [0.15, 0.2) is 66.9 Å². The van der Waals surface area contributed by atoms with Crippen LogP contribution in [0.25, 0.3) is 0 Å². The molecule has 1 N–H and O–H groups in total. The number of carbonyl (C=O) groups is 2. The molecule has 0 aliphatic carbocycles. The van der Waals surface area contributed by atoms with Crippen molar-refractivity contribution < 1.29 is 22.8 Å². The Kier molecular flexibility index (Phi) is 7.80. The van der Waals surface area contributed by atoms with Gasteiger partial charge in [-0.2, -0.15) is 13.2 Å². The van der Waals surface area contributed by atoms with E-state index in [1.165, 1.54) is 12.1 Å². The van der Waals surface area contributed by atoms with Crippen LogP contribution in [0.3, 0.4) is 0 Å². The Morgan fingerprint density at radius 1 is 0.973 bits per heavy atom. The maximum atomic E-state index is 12.8. The number of anilines is 2. The second kappa shape index (κ2) is 11.0. The fourth-order valence-corrected chi connectivity index (χ4v) is 4.40. The van der Waals surface area contributed by atoms with Crippen molar-refractivity contribution in [3.63, 3.8) is 0 Å². The van der Waals surface area contributed by atoms with Crippen molar-refractivity contribution >= 4 is 23.2 Å². The Hall–Kier alpha value is -3.88. The lowest BCUT2D eigenvalue weighted by molar-refractivity contribution is -0.137. The van der Waals surface area contributed by atoms with Gasteiger partial charge in [-0.1, -0.05) is 24.3 Å². The van der Waals surface area contributed by atoms with Crippen molar-refractivity contribution in [2.24, 2.45) is 0 Å². The van der Waals surface area contributed by atoms with Crippen LogP contribution in [0.1, 0.15) is 45.9 Å². The lowest BCUT2D eigenvalue weighted by atomic mass is 9.89. The number of piperidine rings is 1. The highest BCUT2D eigenvalue weighted by Gasteiger charge is 2.30. The van der Waals surface area contributed by atoms with Crippen LogP contribution in [-0.4, -0.2) is 48.9 Å². The SMILES string of the molecule is CN(C)c1ccc(C(=O)N2CCC(c3ccc(NC(=O)Cc4ccc(C(F)(F)F)cc4)cc3)CC2)nc1. The Labute approximate surface area is 214 Å². The molecule has 1 aliphatic rings. The minimum absolute atomic E-state index is 0.0148. The van der Waals surface area contributed by atoms with Crippen molar-refractivity contribution in [3.8, 4) is 0 Å². The number of carbonyl (C=O) groups excluding carboxylic acids is 2. The molecule has 2 aromatic carbocycles. The van der Waals surface area contributed by atoms with Crippen LogP contribution >= 0.6 is 0 Å². The predicted octanol–water partition coefficient (Wildman–Crippen LogP) is 5.37. The Balaban J connectivity index is 1.27. The van der Waals surface area contributed by atoms with E-state index in [0.29, 0.717) is 36.0 Å². The molecule has 37 heavy (non-hydrogen) atoms. The van der Waals surface area contributed by atoms with Gasteiger partial charge in [-0.05, 0) is 66.3 Å². The molecular formula is C28H29F3N4O2. The van der Waals surface area contributed by atoms with E-state index < -0.39 is 11.7 Å². The Morgan fingerprint density at radius 3 is 2.16 bits per heavy atom. The molecule has 194 valence electrons. The number of nitrogens with one attached hydrogen (secondary N) is 1. The third-order valence-electron chi connectivity index (χ3n) is 6.58. The second-order valence-electron chi connectivity index (χ2n) is 9.40. The van der Waals surface area contributed by atoms with E-state index in [0.717, 1.165) is 36.2 Å². The Bertz CT molecular complexity index is 1220. The van der Waals surface area contributed by atoms with Gasteiger partial charge >= 0.3 is 6.18 Å². The molecule has 0 spiro atoms. The summed E-state index contributed by atoms with van der Waals surface area (Å²) in [4.78, 5) is 33.2. The third-order valence-corrected chi connectivity index (χ3v) is 6.58. The summed E-state index contributed by atoms with van der Waals surface area (Å²) in [5.41, 5.74) is 2.92. The maximum Gasteiger partial charge on any atom is 0.416 e. The van der Waals surface area contributed by atoms with Gasteiger partial charge in [0.15, 0.2) is 0 Å². The molecule has 1 saturated heterocycles. The number of benzene rings is 2. The van der Waals surface area contributed by atoms with Crippen molar-refractivity contribution in [3.05, 3.63) is 89.2 Å². The molecule has 9 heteroatoms. The summed E-state index contributed by atoms with van der Waals surface area (Å²) >= 11 is 0. The number of nitrogens with zero attached hydrogens (tertiary/aromatic N) is 3. The van der Waals surface area contributed by atoms with Crippen molar-refractivity contribution in [2.75, 3.05) is 37.4 Å². The van der Waals surface area contributed by atoms with Crippen LogP contribution in [-0.2, 0) is 17.4 Å². The topological polar surface area (TPSA) is 65.5 Å². The van der Waals surface area contributed by atoms with Crippen LogP contribution in [0.5, 0.6) is 0 Å². The van der Waals surface area contributed by atoms with Gasteiger partial charge < -0.3 is 15.1 Å². The lowest BCUT2D eigenvalue weighted by Crippen LogP contribution is -2.38. The molecule has 0 radical (unpaired) electrons. The molecule has 1 aliphatic heterocycles. The van der Waals surface area contributed by atoms with E-state index in [2.05, 4.69) is 10.3 Å². The van der Waals surface area contributed by atoms with Crippen molar-refractivity contribution in [2.45, 2.75) is 31.4 Å². The minimum Gasteiger partial charge on any atom is -0.376 e. The molecule has 0 atom stereocenters. The number of amides is 2. The Morgan fingerprint density at radius 2 is 1.62 bits per heavy atom. The van der Waals surface area contributed by atoms with Gasteiger partial charge in [0, 0.05) is 32.9 Å². The van der Waals surface area contributed by atoms with Crippen LogP contribution in [0, 0.1) is 0 Å². The highest BCUT2D eigenvalue weighted by Crippen LogP contribution is 2.30. The normalized spacial score (nSPS) is 14.4. The molecule has 6 nitrogen and oxygen atoms in total. The summed E-state index contributed by atoms with van der Waals surface area (Å²) in [6.07, 6.45) is -1.05. The van der Waals surface area contributed by atoms with Crippen LogP contribution < -0.4 is 10.2 Å². The number of pyridine rings is 1. The van der Waals surface area contributed by atoms with Crippen LogP contribution in [0.2, 0.25) is 0 Å². The zero-order chi connectivity index (χ0) is 26.6. The number of halogens is 3. The predicted molar refractivity (Wildman–Crippen MR) is 137 cm³/mol. The molecule has 2 amide bonds. The number of likely N-dealkylation sites (tertiary alicyclic amines) is 1. The van der Waals surface area contributed by atoms with Crippen molar-refractivity contribution in [1.82, 2.24) is 9.88 Å². The van der Waals surface area contributed by atoms with E-state index in [1.807, 2.05) is 54.2 Å². The molecule has 0 bridgehead atoms. The van der Waals surface area contributed by atoms with Gasteiger partial charge in [0.2, 0.25) is 5.91 Å². The minimum atomic E-state index is -4.40. The lowest BCUT2D eigenvalue weighted by Gasteiger charge is -2.32. The standard InChI is InChI=1S/C28H29F3N4O2/c1-34(2)24-11-12-25(32-18-24)27(37)35-15-13-21(14-16-35)20-5-9-23(10-6-20)33-26(36)17-19-3-7-22(8-4-19)28(29,30)31/h3-12,18,21H,13-17H2,1-2H3,(H,33,36). The summed E-state index contributed by atoms with van der Waals surface area (Å²) in [5, 5.41) is 2.79. The van der Waals surface area contributed by atoms with Gasteiger partial charge in [0.25, 0.3) is 5.91 Å². The average molecular weight is 511 g/mol. The van der Waals surface area contributed by atoms with Gasteiger partial charge in [0.1, 0.15) is 5.69 Å². The summed E-state index contributed by atoms with van der Waals surface area (Å²) in [6, 6.07) is 15.8. The first kappa shape index (κ1) is 26.2. The molecule has 2 heterocycles. The quantitative estimate of drug-likeness (QED) is 0.485. The monoisotopic (exact) mass is 510 g/mol. The number of hydrogen-bond donors (Lipinski definition) is 1. The molecule has 0 saturated carbocycles. The van der Waals surface area contributed by atoms with E-state index in [4.69, 9.17) is 0 Å². The zero-order valence-corrected chi connectivity index (χ0v) is 20.8. The summed E-state index contributed by atoms with van der Waals surface area (Å²) < 4.78 is 38.1. The van der Waals surface area contributed by atoms with Gasteiger partial charge in [0.05, 0.1) is 23.9 Å². The first-order chi connectivity index (χ1) is 17.6. The summed E-state index contributed by atoms with van der Waals surface area (Å²) in [7, 11) is 3.85. The highest BCUT2D eigenvalue weighted by molar-refractivity contribution is 5.93. The first-order valence-corrected chi connectivity index (χ1v) is 12.1. The number of alkyl halides is 3. The zero-order valence-electron chi connectivity index (χ0n) is 20.8. The van der Waals surface area contributed by atoms with Gasteiger partial charge in [-0.3, -0.25) is 9.59 Å². The molecule has 0 unspecified atom stereocenters. The highest BCUT2D eigenvalue weighted by atomic mass is 19.4. The van der Waals surface area contributed by atoms with Crippen molar-refractivity contribution in [1.29, 1.82) is 0 Å². The van der Waals surface area contributed by atoms with Gasteiger partial charge in [-0.25, -0.2) is 4.98 Å². The fraction of sp³-hybridized carbons (Fsp3) is 0.321. The molecule has 1 fully saturated rings.